The monoisotopic (exact) mass is 230 g/mol. The topological polar surface area (TPSA) is 48.0 Å². The van der Waals surface area contributed by atoms with Gasteiger partial charge < -0.3 is 10.3 Å². The lowest BCUT2D eigenvalue weighted by atomic mass is 10.4. The Labute approximate surface area is 79.7 Å². The van der Waals surface area contributed by atoms with E-state index in [9.17, 15) is 4.79 Å². The molecule has 0 atom stereocenters. The van der Waals surface area contributed by atoms with Crippen molar-refractivity contribution in [3.8, 4) is 0 Å². The number of halogens is 1. The predicted octanol–water partition coefficient (Wildman–Crippen LogP) is 1.76. The zero-order valence-electron chi connectivity index (χ0n) is 6.88. The minimum atomic E-state index is -0.380. The first-order valence-electron chi connectivity index (χ1n) is 3.80. The van der Waals surface area contributed by atoms with Crippen molar-refractivity contribution in [1.82, 2.24) is 4.57 Å². The number of aryl methyl sites for hydroxylation is 1. The van der Waals surface area contributed by atoms with Crippen LogP contribution in [-0.4, -0.2) is 10.5 Å². The molecule has 0 bridgehead atoms. The van der Waals surface area contributed by atoms with Gasteiger partial charge in [0, 0.05) is 17.2 Å². The van der Waals surface area contributed by atoms with Crippen LogP contribution in [-0.2, 0) is 6.54 Å². The minimum absolute atomic E-state index is 0.380. The Morgan fingerprint density at radius 2 is 2.42 bits per heavy atom. The number of nitrogens with two attached hydrogens (primary N) is 1. The highest BCUT2D eigenvalue weighted by Crippen LogP contribution is 2.14. The van der Waals surface area contributed by atoms with Gasteiger partial charge in [0.15, 0.2) is 0 Å². The summed E-state index contributed by atoms with van der Waals surface area (Å²) in [6.07, 6.45) is 2.85. The SMILES string of the molecule is CCCn1cc(Br)cc1C(N)=O. The van der Waals surface area contributed by atoms with E-state index in [-0.39, 0.29) is 5.91 Å². The molecule has 66 valence electrons. The van der Waals surface area contributed by atoms with E-state index < -0.39 is 0 Å². The second-order valence-electron chi connectivity index (χ2n) is 2.60. The fourth-order valence-electron chi connectivity index (χ4n) is 1.11. The minimum Gasteiger partial charge on any atom is -0.364 e. The molecule has 1 heterocycles. The Bertz CT molecular complexity index is 293. The maximum absolute atomic E-state index is 10.9. The fourth-order valence-corrected chi connectivity index (χ4v) is 1.57. The van der Waals surface area contributed by atoms with Gasteiger partial charge in [0.1, 0.15) is 5.69 Å². The first kappa shape index (κ1) is 9.32. The van der Waals surface area contributed by atoms with E-state index in [1.54, 1.807) is 6.07 Å². The molecule has 1 rings (SSSR count). The van der Waals surface area contributed by atoms with Crippen LogP contribution in [0.25, 0.3) is 0 Å². The third-order valence-corrected chi connectivity index (χ3v) is 2.01. The summed E-state index contributed by atoms with van der Waals surface area (Å²) in [6, 6.07) is 1.73. The van der Waals surface area contributed by atoms with E-state index in [0.717, 1.165) is 17.4 Å². The van der Waals surface area contributed by atoms with Gasteiger partial charge in [0.2, 0.25) is 0 Å². The number of carbonyl (C=O) groups is 1. The van der Waals surface area contributed by atoms with Crippen LogP contribution in [0.5, 0.6) is 0 Å². The molecule has 0 saturated heterocycles. The molecule has 0 spiro atoms. The molecule has 1 amide bonds. The third kappa shape index (κ3) is 1.88. The molecule has 1 aromatic rings. The summed E-state index contributed by atoms with van der Waals surface area (Å²) >= 11 is 3.29. The van der Waals surface area contributed by atoms with Gasteiger partial charge in [0.05, 0.1) is 0 Å². The van der Waals surface area contributed by atoms with Crippen molar-refractivity contribution < 1.29 is 4.79 Å². The van der Waals surface area contributed by atoms with Crippen LogP contribution >= 0.6 is 15.9 Å². The van der Waals surface area contributed by atoms with Gasteiger partial charge >= 0.3 is 0 Å². The molecule has 0 unspecified atom stereocenters. The van der Waals surface area contributed by atoms with E-state index in [4.69, 9.17) is 5.73 Å². The molecule has 0 saturated carbocycles. The van der Waals surface area contributed by atoms with Crippen molar-refractivity contribution in [2.45, 2.75) is 19.9 Å². The third-order valence-electron chi connectivity index (χ3n) is 1.58. The summed E-state index contributed by atoms with van der Waals surface area (Å²) < 4.78 is 2.75. The average molecular weight is 231 g/mol. The molecule has 12 heavy (non-hydrogen) atoms. The van der Waals surface area contributed by atoms with Gasteiger partial charge in [-0.3, -0.25) is 4.79 Å². The lowest BCUT2D eigenvalue weighted by molar-refractivity contribution is 0.0991. The lowest BCUT2D eigenvalue weighted by Crippen LogP contribution is -2.16. The molecule has 0 aliphatic carbocycles. The van der Waals surface area contributed by atoms with E-state index in [1.165, 1.54) is 0 Å². The zero-order chi connectivity index (χ0) is 9.14. The second-order valence-corrected chi connectivity index (χ2v) is 3.52. The van der Waals surface area contributed by atoms with Crippen LogP contribution in [0.15, 0.2) is 16.7 Å². The summed E-state index contributed by atoms with van der Waals surface area (Å²) in [6.45, 7) is 2.88. The Balaban J connectivity index is 2.99. The molecule has 4 heteroatoms. The highest BCUT2D eigenvalue weighted by molar-refractivity contribution is 9.10. The number of hydrogen-bond acceptors (Lipinski definition) is 1. The molecule has 0 fully saturated rings. The van der Waals surface area contributed by atoms with Gasteiger partial charge in [0.25, 0.3) is 5.91 Å². The highest BCUT2D eigenvalue weighted by atomic mass is 79.9. The summed E-state index contributed by atoms with van der Waals surface area (Å²) in [5.41, 5.74) is 5.74. The standard InChI is InChI=1S/C8H11BrN2O/c1-2-3-11-5-6(9)4-7(11)8(10)12/h4-5H,2-3H2,1H3,(H2,10,12). The number of carbonyl (C=O) groups excluding carboxylic acids is 1. The predicted molar refractivity (Wildman–Crippen MR) is 50.9 cm³/mol. The molecule has 2 N–H and O–H groups in total. The van der Waals surface area contributed by atoms with Crippen molar-refractivity contribution in [3.05, 3.63) is 22.4 Å². The Hall–Kier alpha value is -0.770. The number of rotatable bonds is 3. The van der Waals surface area contributed by atoms with E-state index in [0.29, 0.717) is 5.69 Å². The lowest BCUT2D eigenvalue weighted by Gasteiger charge is -2.02. The first-order valence-corrected chi connectivity index (χ1v) is 4.60. The van der Waals surface area contributed by atoms with E-state index in [1.807, 2.05) is 10.8 Å². The molecular formula is C8H11BrN2O. The first-order chi connectivity index (χ1) is 5.65. The largest absolute Gasteiger partial charge is 0.364 e. The summed E-state index contributed by atoms with van der Waals surface area (Å²) in [5.74, 6) is -0.380. The summed E-state index contributed by atoms with van der Waals surface area (Å²) in [4.78, 5) is 10.9. The maximum Gasteiger partial charge on any atom is 0.265 e. The van der Waals surface area contributed by atoms with Crippen LogP contribution in [0.3, 0.4) is 0 Å². The number of aromatic nitrogens is 1. The summed E-state index contributed by atoms with van der Waals surface area (Å²) in [5, 5.41) is 0. The van der Waals surface area contributed by atoms with Crippen LogP contribution in [0.2, 0.25) is 0 Å². The highest BCUT2D eigenvalue weighted by Gasteiger charge is 2.07. The molecule has 0 aliphatic rings. The molecule has 0 aromatic carbocycles. The van der Waals surface area contributed by atoms with Crippen LogP contribution < -0.4 is 5.73 Å². The zero-order valence-corrected chi connectivity index (χ0v) is 8.47. The van der Waals surface area contributed by atoms with Gasteiger partial charge in [-0.15, -0.1) is 0 Å². The molecule has 0 aliphatic heterocycles. The fraction of sp³-hybridized carbons (Fsp3) is 0.375. The van der Waals surface area contributed by atoms with Crippen molar-refractivity contribution in [2.24, 2.45) is 5.73 Å². The smallest absolute Gasteiger partial charge is 0.265 e. The van der Waals surface area contributed by atoms with Gasteiger partial charge in [-0.2, -0.15) is 0 Å². The summed E-state index contributed by atoms with van der Waals surface area (Å²) in [7, 11) is 0. The van der Waals surface area contributed by atoms with Gasteiger partial charge in [-0.1, -0.05) is 6.92 Å². The van der Waals surface area contributed by atoms with E-state index >= 15 is 0 Å². The van der Waals surface area contributed by atoms with Crippen molar-refractivity contribution in [3.63, 3.8) is 0 Å². The maximum atomic E-state index is 10.9. The Morgan fingerprint density at radius 1 is 1.75 bits per heavy atom. The number of nitrogens with zero attached hydrogens (tertiary/aromatic N) is 1. The molecule has 3 nitrogen and oxygen atoms in total. The van der Waals surface area contributed by atoms with Crippen molar-refractivity contribution >= 4 is 21.8 Å². The van der Waals surface area contributed by atoms with Crippen molar-refractivity contribution in [2.75, 3.05) is 0 Å². The number of primary amides is 1. The molecule has 0 radical (unpaired) electrons. The van der Waals surface area contributed by atoms with Gasteiger partial charge in [-0.05, 0) is 28.4 Å². The van der Waals surface area contributed by atoms with Gasteiger partial charge in [-0.25, -0.2) is 0 Å². The Kier molecular flexibility index (Phi) is 2.92. The van der Waals surface area contributed by atoms with Crippen LogP contribution in [0.4, 0.5) is 0 Å². The number of amides is 1. The quantitative estimate of drug-likeness (QED) is 0.846. The molecule has 1 aromatic heterocycles. The number of hydrogen-bond donors (Lipinski definition) is 1. The molecular weight excluding hydrogens is 220 g/mol. The van der Waals surface area contributed by atoms with Crippen LogP contribution in [0.1, 0.15) is 23.8 Å². The normalized spacial score (nSPS) is 10.2. The Morgan fingerprint density at radius 3 is 2.92 bits per heavy atom. The second kappa shape index (κ2) is 3.76. The van der Waals surface area contributed by atoms with E-state index in [2.05, 4.69) is 22.9 Å². The van der Waals surface area contributed by atoms with Crippen LogP contribution in [0, 0.1) is 0 Å². The average Bonchev–Trinajstić information content (AvgIpc) is 2.32. The van der Waals surface area contributed by atoms with Crippen molar-refractivity contribution in [1.29, 1.82) is 0 Å².